The minimum absolute atomic E-state index is 0.191. The predicted molar refractivity (Wildman–Crippen MR) is 148 cm³/mol. The Morgan fingerprint density at radius 2 is 1.56 bits per heavy atom. The molecule has 228 valence electrons. The number of nitrogen functional groups attached to an aromatic ring is 1. The lowest BCUT2D eigenvalue weighted by Crippen LogP contribution is -2.27. The summed E-state index contributed by atoms with van der Waals surface area (Å²) in [6.45, 7) is -0.519. The first-order chi connectivity index (χ1) is 19.8. The van der Waals surface area contributed by atoms with Crippen LogP contribution < -0.4 is 15.8 Å². The summed E-state index contributed by atoms with van der Waals surface area (Å²) in [6.07, 6.45) is -0.368. The Morgan fingerprint density at radius 3 is 2.14 bits per heavy atom. The standard InChI is InChI=1S/C24H21N3O13S3/c25-16-6-4-13-18(15-10-11(23(28)29)2-3-12(15)24(30)31)14-5-7-17(26)22(43(37,38)39)20(14)40-19(13)21(16)42(35,36)27-8-1-9-41(32,33)34/h2-7,10,26-27H,1,8-9,25H2,(H,28,29)(H,30,31)(H,32,33,34)(H,37,38,39). The Labute approximate surface area is 242 Å². The minimum atomic E-state index is -5.23. The largest absolute Gasteiger partial charge is 0.478 e. The van der Waals surface area contributed by atoms with Crippen LogP contribution >= 0.6 is 0 Å². The molecule has 0 aromatic heterocycles. The summed E-state index contributed by atoms with van der Waals surface area (Å²) >= 11 is 0. The highest BCUT2D eigenvalue weighted by Gasteiger charge is 2.32. The molecule has 0 fully saturated rings. The molecule has 8 N–H and O–H groups in total. The lowest BCUT2D eigenvalue weighted by molar-refractivity contribution is 0.0682. The van der Waals surface area contributed by atoms with Gasteiger partial charge < -0.3 is 20.4 Å². The third-order valence-electron chi connectivity index (χ3n) is 6.16. The van der Waals surface area contributed by atoms with Crippen molar-refractivity contribution in [3.8, 4) is 22.5 Å². The number of nitrogens with two attached hydrogens (primary N) is 1. The third-order valence-corrected chi connectivity index (χ3v) is 9.43. The van der Waals surface area contributed by atoms with E-state index in [9.17, 15) is 49.6 Å². The Hall–Kier alpha value is -4.40. The van der Waals surface area contributed by atoms with Gasteiger partial charge in [0.25, 0.3) is 20.2 Å². The molecule has 2 aliphatic rings. The number of hydrogen-bond donors (Lipinski definition) is 7. The summed E-state index contributed by atoms with van der Waals surface area (Å²) in [4.78, 5) is 22.1. The number of carboxylic acids is 2. The van der Waals surface area contributed by atoms with Crippen molar-refractivity contribution in [2.75, 3.05) is 18.0 Å². The number of benzene rings is 3. The number of rotatable bonds is 10. The molecule has 2 aromatic carbocycles. The summed E-state index contributed by atoms with van der Waals surface area (Å²) in [6, 6.07) is 7.33. The summed E-state index contributed by atoms with van der Waals surface area (Å²) in [5, 5.41) is 26.6. The maximum atomic E-state index is 13.4. The fraction of sp³-hybridized carbons (Fsp3) is 0.125. The number of sulfonamides is 1. The van der Waals surface area contributed by atoms with E-state index in [-0.39, 0.29) is 28.5 Å². The molecule has 16 nitrogen and oxygen atoms in total. The van der Waals surface area contributed by atoms with Crippen molar-refractivity contribution in [2.45, 2.75) is 16.2 Å². The van der Waals surface area contributed by atoms with Crippen LogP contribution in [0.15, 0.2) is 56.7 Å². The van der Waals surface area contributed by atoms with Gasteiger partial charge in [0.15, 0.2) is 16.2 Å². The van der Waals surface area contributed by atoms with Gasteiger partial charge in [0.05, 0.1) is 27.9 Å². The highest BCUT2D eigenvalue weighted by atomic mass is 32.2. The average molecular weight is 656 g/mol. The lowest BCUT2D eigenvalue weighted by atomic mass is 9.89. The molecule has 0 amide bonds. The Bertz CT molecular complexity index is 2190. The molecular formula is C24H21N3O13S3. The highest BCUT2D eigenvalue weighted by Crippen LogP contribution is 2.45. The molecule has 2 aromatic rings. The van der Waals surface area contributed by atoms with Gasteiger partial charge in [-0.3, -0.25) is 14.5 Å². The fourth-order valence-corrected chi connectivity index (χ4v) is 6.98. The van der Waals surface area contributed by atoms with Gasteiger partial charge in [-0.1, -0.05) is 0 Å². The van der Waals surface area contributed by atoms with Crippen molar-refractivity contribution < 1.29 is 58.6 Å². The van der Waals surface area contributed by atoms with Gasteiger partial charge in [0, 0.05) is 23.1 Å². The molecule has 1 heterocycles. The molecule has 4 rings (SSSR count). The van der Waals surface area contributed by atoms with Crippen LogP contribution in [0.4, 0.5) is 5.69 Å². The van der Waals surface area contributed by atoms with Crippen molar-refractivity contribution in [3.05, 3.63) is 58.9 Å². The van der Waals surface area contributed by atoms with E-state index in [1.807, 2.05) is 0 Å². The average Bonchev–Trinajstić information content (AvgIpc) is 2.87. The van der Waals surface area contributed by atoms with Crippen molar-refractivity contribution in [1.82, 2.24) is 4.72 Å². The van der Waals surface area contributed by atoms with Crippen LogP contribution in [0.5, 0.6) is 0 Å². The molecule has 0 unspecified atom stereocenters. The summed E-state index contributed by atoms with van der Waals surface area (Å²) in [7, 11) is -14.4. The molecule has 0 radical (unpaired) electrons. The van der Waals surface area contributed by atoms with Crippen molar-refractivity contribution in [3.63, 3.8) is 0 Å². The maximum Gasteiger partial charge on any atom is 0.336 e. The molecule has 1 aliphatic heterocycles. The Kier molecular flexibility index (Phi) is 8.08. The number of fused-ring (bicyclic) bond motifs is 2. The van der Waals surface area contributed by atoms with Gasteiger partial charge in [0.2, 0.25) is 10.0 Å². The number of carboxylic acid groups (broad SMARTS) is 2. The number of hydrogen-bond acceptors (Lipinski definition) is 11. The van der Waals surface area contributed by atoms with Crippen LogP contribution in [-0.4, -0.2) is 68.8 Å². The summed E-state index contributed by atoms with van der Waals surface area (Å²) in [5.74, 6) is -4.56. The molecule has 0 spiro atoms. The molecule has 0 atom stereocenters. The molecular weight excluding hydrogens is 634 g/mol. The monoisotopic (exact) mass is 655 g/mol. The van der Waals surface area contributed by atoms with Crippen LogP contribution in [0.25, 0.3) is 33.4 Å². The maximum absolute atomic E-state index is 13.4. The second kappa shape index (κ2) is 11.0. The quantitative estimate of drug-likeness (QED) is 0.0551. The van der Waals surface area contributed by atoms with Gasteiger partial charge in [-0.05, 0) is 54.4 Å². The van der Waals surface area contributed by atoms with Gasteiger partial charge in [0.1, 0.15) is 4.90 Å². The van der Waals surface area contributed by atoms with Crippen molar-refractivity contribution in [2.24, 2.45) is 0 Å². The van der Waals surface area contributed by atoms with E-state index in [0.29, 0.717) is 0 Å². The van der Waals surface area contributed by atoms with E-state index < -0.39 is 97.8 Å². The SMILES string of the molecule is N=c1ccc2c(-c3cc(C(=O)O)ccc3C(=O)O)c3ccc(N)c(S(=O)(=O)NCCCS(=O)(=O)O)c3oc-2c1S(=O)(=O)O. The molecule has 0 saturated heterocycles. The summed E-state index contributed by atoms with van der Waals surface area (Å²) < 4.78 is 100. The molecule has 0 saturated carbocycles. The zero-order valence-electron chi connectivity index (χ0n) is 21.4. The number of nitrogens with one attached hydrogen (secondary N) is 2. The first-order valence-electron chi connectivity index (χ1n) is 11.7. The van der Waals surface area contributed by atoms with Crippen LogP contribution in [0, 0.1) is 5.41 Å². The highest BCUT2D eigenvalue weighted by molar-refractivity contribution is 7.90. The second-order valence-electron chi connectivity index (χ2n) is 9.04. The topological polar surface area (TPSA) is 293 Å². The molecule has 0 bridgehead atoms. The zero-order chi connectivity index (χ0) is 32.1. The molecule has 43 heavy (non-hydrogen) atoms. The minimum Gasteiger partial charge on any atom is -0.478 e. The van der Waals surface area contributed by atoms with E-state index in [2.05, 4.69) is 4.72 Å². The first-order valence-corrected chi connectivity index (χ1v) is 16.3. The van der Waals surface area contributed by atoms with E-state index in [4.69, 9.17) is 20.1 Å². The molecule has 1 aliphatic carbocycles. The van der Waals surface area contributed by atoms with E-state index in [0.717, 1.165) is 36.4 Å². The normalized spacial score (nSPS) is 12.5. The Morgan fingerprint density at radius 1 is 0.884 bits per heavy atom. The Balaban J connectivity index is 2.20. The van der Waals surface area contributed by atoms with Crippen LogP contribution in [-0.2, 0) is 30.3 Å². The van der Waals surface area contributed by atoms with E-state index in [1.165, 1.54) is 6.07 Å². The van der Waals surface area contributed by atoms with Crippen molar-refractivity contribution >= 4 is 58.9 Å². The van der Waals surface area contributed by atoms with Gasteiger partial charge in [-0.15, -0.1) is 0 Å². The van der Waals surface area contributed by atoms with Crippen LogP contribution in [0.2, 0.25) is 0 Å². The number of anilines is 1. The first kappa shape index (κ1) is 31.5. The lowest BCUT2D eigenvalue weighted by Gasteiger charge is -2.20. The zero-order valence-corrected chi connectivity index (χ0v) is 23.9. The fourth-order valence-electron chi connectivity index (χ4n) is 4.41. The second-order valence-corrected chi connectivity index (χ2v) is 13.7. The number of carbonyl (C=O) groups is 2. The number of aromatic carboxylic acids is 2. The van der Waals surface area contributed by atoms with E-state index >= 15 is 0 Å². The molecule has 19 heteroatoms. The summed E-state index contributed by atoms with van der Waals surface area (Å²) in [5.41, 5.74) is 3.20. The third kappa shape index (κ3) is 6.21. The van der Waals surface area contributed by atoms with Gasteiger partial charge >= 0.3 is 11.9 Å². The van der Waals surface area contributed by atoms with E-state index in [1.54, 1.807) is 0 Å². The van der Waals surface area contributed by atoms with Gasteiger partial charge in [-0.2, -0.15) is 16.8 Å². The van der Waals surface area contributed by atoms with Crippen molar-refractivity contribution in [1.29, 1.82) is 5.41 Å². The van der Waals surface area contributed by atoms with Crippen LogP contribution in [0.1, 0.15) is 27.1 Å². The van der Waals surface area contributed by atoms with Gasteiger partial charge in [-0.25, -0.2) is 22.7 Å². The smallest absolute Gasteiger partial charge is 0.336 e. The predicted octanol–water partition coefficient (Wildman–Crippen LogP) is 1.47. The van der Waals surface area contributed by atoms with Crippen LogP contribution in [0.3, 0.4) is 0 Å².